The van der Waals surface area contributed by atoms with Crippen molar-refractivity contribution in [2.24, 2.45) is 16.7 Å². The third-order valence-corrected chi connectivity index (χ3v) is 5.82. The van der Waals surface area contributed by atoms with Crippen molar-refractivity contribution in [3.05, 3.63) is 24.2 Å². The summed E-state index contributed by atoms with van der Waals surface area (Å²) in [6.45, 7) is 0. The van der Waals surface area contributed by atoms with Crippen LogP contribution in [0.5, 0.6) is 0 Å². The molecule has 2 bridgehead atoms. The minimum absolute atomic E-state index is 0.276. The molecule has 0 unspecified atom stereocenters. The molecule has 3 aliphatic rings. The number of furan rings is 1. The molecule has 2 saturated heterocycles. The van der Waals surface area contributed by atoms with Crippen molar-refractivity contribution >= 4 is 5.90 Å². The SMILES string of the molecule is N#CC1(C#N)[C@@H](c2ccco2)N[C@@]23CCCC[C@H]2[C@@]1(C#N)C(=N)O3. The molecule has 0 radical (unpaired) electrons. The van der Waals surface area contributed by atoms with Crippen LogP contribution >= 0.6 is 0 Å². The van der Waals surface area contributed by atoms with Crippen LogP contribution in [0.4, 0.5) is 0 Å². The highest BCUT2D eigenvalue weighted by Gasteiger charge is 2.79. The monoisotopic (exact) mass is 321 g/mol. The average molecular weight is 321 g/mol. The minimum Gasteiger partial charge on any atom is -0.468 e. The average Bonchev–Trinajstić information content (AvgIpc) is 3.19. The van der Waals surface area contributed by atoms with Crippen LogP contribution in [0.1, 0.15) is 37.5 Å². The van der Waals surface area contributed by atoms with Crippen LogP contribution in [0.2, 0.25) is 0 Å². The quantitative estimate of drug-likeness (QED) is 0.816. The molecule has 24 heavy (non-hydrogen) atoms. The molecule has 4 atom stereocenters. The molecule has 7 nitrogen and oxygen atoms in total. The number of rotatable bonds is 1. The number of nitrogens with zero attached hydrogens (tertiary/aromatic N) is 3. The number of ether oxygens (including phenoxy) is 1. The van der Waals surface area contributed by atoms with E-state index < -0.39 is 28.5 Å². The second kappa shape index (κ2) is 4.60. The number of hydrogen-bond acceptors (Lipinski definition) is 7. The zero-order valence-corrected chi connectivity index (χ0v) is 12.9. The molecule has 7 heteroatoms. The van der Waals surface area contributed by atoms with Gasteiger partial charge in [0.2, 0.25) is 5.90 Å². The van der Waals surface area contributed by atoms with E-state index in [4.69, 9.17) is 14.6 Å². The summed E-state index contributed by atoms with van der Waals surface area (Å²) in [7, 11) is 0. The summed E-state index contributed by atoms with van der Waals surface area (Å²) < 4.78 is 11.3. The topological polar surface area (TPSA) is 130 Å². The van der Waals surface area contributed by atoms with Gasteiger partial charge in [-0.1, -0.05) is 6.42 Å². The number of nitrogens with one attached hydrogen (secondary N) is 2. The standard InChI is InChI=1S/C17H15N5O2/c18-8-15(9-19)13(11-4-3-7-23-11)22-17-6-2-1-5-12(17)16(15,10-20)14(21)24-17/h3-4,7,12-13,21-22H,1-2,5-6H2/t12-,13+,16-,17+/m0/s1. The molecule has 3 heterocycles. The van der Waals surface area contributed by atoms with E-state index in [0.717, 1.165) is 12.8 Å². The lowest BCUT2D eigenvalue weighted by Gasteiger charge is -2.51. The Morgan fingerprint density at radius 3 is 2.62 bits per heavy atom. The van der Waals surface area contributed by atoms with Crippen LogP contribution in [0.3, 0.4) is 0 Å². The summed E-state index contributed by atoms with van der Waals surface area (Å²) in [4.78, 5) is 0. The van der Waals surface area contributed by atoms with Gasteiger partial charge < -0.3 is 9.15 Å². The van der Waals surface area contributed by atoms with Gasteiger partial charge in [-0.15, -0.1) is 0 Å². The normalized spacial score (nSPS) is 39.0. The summed E-state index contributed by atoms with van der Waals surface area (Å²) in [5.74, 6) is -0.275. The Balaban J connectivity index is 2.02. The zero-order chi connectivity index (χ0) is 17.0. The molecule has 1 saturated carbocycles. The van der Waals surface area contributed by atoms with Gasteiger partial charge in [0.25, 0.3) is 0 Å². The Hall–Kier alpha value is -2.82. The Morgan fingerprint density at radius 2 is 2.00 bits per heavy atom. The molecule has 0 spiro atoms. The largest absolute Gasteiger partial charge is 0.468 e. The van der Waals surface area contributed by atoms with Crippen LogP contribution in [0.25, 0.3) is 0 Å². The molecule has 1 aliphatic carbocycles. The maximum absolute atomic E-state index is 10.1. The fourth-order valence-electron chi connectivity index (χ4n) is 4.78. The number of nitriles is 3. The fourth-order valence-corrected chi connectivity index (χ4v) is 4.78. The van der Waals surface area contributed by atoms with Crippen molar-refractivity contribution in [3.63, 3.8) is 0 Å². The fraction of sp³-hybridized carbons (Fsp3) is 0.529. The second-order valence-electron chi connectivity index (χ2n) is 6.66. The van der Waals surface area contributed by atoms with Crippen molar-refractivity contribution in [1.82, 2.24) is 5.32 Å². The van der Waals surface area contributed by atoms with Crippen LogP contribution in [0.15, 0.2) is 22.8 Å². The molecule has 1 aromatic heterocycles. The zero-order valence-electron chi connectivity index (χ0n) is 12.9. The highest BCUT2D eigenvalue weighted by molar-refractivity contribution is 5.89. The van der Waals surface area contributed by atoms with E-state index in [9.17, 15) is 15.8 Å². The highest BCUT2D eigenvalue weighted by Crippen LogP contribution is 2.66. The molecular weight excluding hydrogens is 306 g/mol. The maximum atomic E-state index is 10.1. The maximum Gasteiger partial charge on any atom is 0.206 e. The van der Waals surface area contributed by atoms with E-state index >= 15 is 0 Å². The lowest BCUT2D eigenvalue weighted by atomic mass is 9.50. The number of piperidine rings is 1. The molecule has 4 rings (SSSR count). The summed E-state index contributed by atoms with van der Waals surface area (Å²) in [5.41, 5.74) is -4.28. The van der Waals surface area contributed by atoms with Crippen LogP contribution in [0, 0.1) is 56.2 Å². The van der Waals surface area contributed by atoms with E-state index in [1.165, 1.54) is 6.26 Å². The lowest BCUT2D eigenvalue weighted by molar-refractivity contribution is -0.0977. The first kappa shape index (κ1) is 14.8. The van der Waals surface area contributed by atoms with Gasteiger partial charge >= 0.3 is 0 Å². The lowest BCUT2D eigenvalue weighted by Crippen LogP contribution is -2.66. The second-order valence-corrected chi connectivity index (χ2v) is 6.66. The van der Waals surface area contributed by atoms with Gasteiger partial charge in [-0.25, -0.2) is 0 Å². The third-order valence-electron chi connectivity index (χ3n) is 5.82. The van der Waals surface area contributed by atoms with E-state index in [0.29, 0.717) is 18.6 Å². The van der Waals surface area contributed by atoms with Crippen molar-refractivity contribution < 1.29 is 9.15 Å². The van der Waals surface area contributed by atoms with Gasteiger partial charge in [0.05, 0.1) is 24.5 Å². The summed E-state index contributed by atoms with van der Waals surface area (Å²) >= 11 is 0. The van der Waals surface area contributed by atoms with E-state index in [-0.39, 0.29) is 5.90 Å². The Kier molecular flexibility index (Phi) is 2.83. The van der Waals surface area contributed by atoms with Gasteiger partial charge in [-0.05, 0) is 25.0 Å². The van der Waals surface area contributed by atoms with Crippen LogP contribution in [-0.2, 0) is 4.74 Å². The Bertz CT molecular complexity index is 813. The predicted octanol–water partition coefficient (Wildman–Crippen LogP) is 2.36. The minimum atomic E-state index is -1.79. The van der Waals surface area contributed by atoms with Gasteiger partial charge in [0, 0.05) is 12.3 Å². The van der Waals surface area contributed by atoms with Gasteiger partial charge in [0.15, 0.2) is 16.6 Å². The first-order chi connectivity index (χ1) is 11.6. The van der Waals surface area contributed by atoms with Crippen LogP contribution < -0.4 is 5.32 Å². The van der Waals surface area contributed by atoms with Crippen molar-refractivity contribution in [3.8, 4) is 18.2 Å². The van der Waals surface area contributed by atoms with E-state index in [1.807, 2.05) is 0 Å². The molecule has 2 aliphatic heterocycles. The molecule has 2 N–H and O–H groups in total. The van der Waals surface area contributed by atoms with Crippen LogP contribution in [-0.4, -0.2) is 11.6 Å². The molecule has 1 aromatic rings. The van der Waals surface area contributed by atoms with Crippen molar-refractivity contribution in [2.45, 2.75) is 37.5 Å². The summed E-state index contributed by atoms with van der Waals surface area (Å²) in [6, 6.07) is 8.79. The van der Waals surface area contributed by atoms with Gasteiger partial charge in [-0.3, -0.25) is 10.7 Å². The number of hydrogen-bond donors (Lipinski definition) is 2. The summed E-state index contributed by atoms with van der Waals surface area (Å²) in [6.07, 6.45) is 4.52. The van der Waals surface area contributed by atoms with Gasteiger partial charge in [-0.2, -0.15) is 15.8 Å². The molecule has 0 aromatic carbocycles. The Labute approximate surface area is 138 Å². The predicted molar refractivity (Wildman–Crippen MR) is 79.8 cm³/mol. The van der Waals surface area contributed by atoms with Crippen molar-refractivity contribution in [1.29, 1.82) is 21.2 Å². The van der Waals surface area contributed by atoms with Crippen molar-refractivity contribution in [2.75, 3.05) is 0 Å². The van der Waals surface area contributed by atoms with E-state index in [2.05, 4.69) is 23.5 Å². The molecule has 3 fully saturated rings. The smallest absolute Gasteiger partial charge is 0.206 e. The molecule has 0 amide bonds. The first-order valence-electron chi connectivity index (χ1n) is 7.93. The molecule has 120 valence electrons. The van der Waals surface area contributed by atoms with Gasteiger partial charge in [0.1, 0.15) is 11.8 Å². The molecular formula is C17H15N5O2. The third kappa shape index (κ3) is 1.36. The Morgan fingerprint density at radius 1 is 1.21 bits per heavy atom. The van der Waals surface area contributed by atoms with E-state index in [1.54, 1.807) is 12.1 Å². The highest BCUT2D eigenvalue weighted by atomic mass is 16.5. The first-order valence-corrected chi connectivity index (χ1v) is 7.93. The summed E-state index contributed by atoms with van der Waals surface area (Å²) in [5, 5.41) is 41.7.